The predicted octanol–water partition coefficient (Wildman–Crippen LogP) is 1.33. The minimum atomic E-state index is -5.20. The van der Waals surface area contributed by atoms with E-state index in [1.54, 1.807) is 0 Å². The van der Waals surface area contributed by atoms with Crippen LogP contribution in [0.3, 0.4) is 0 Å². The molecule has 0 bridgehead atoms. The molecule has 1 unspecified atom stereocenters. The maximum atomic E-state index is 11.7. The first kappa shape index (κ1) is 18.3. The summed E-state index contributed by atoms with van der Waals surface area (Å²) in [7, 11) is -5.20. The van der Waals surface area contributed by atoms with Crippen LogP contribution < -0.4 is 0 Å². The highest BCUT2D eigenvalue weighted by Gasteiger charge is 2.67. The van der Waals surface area contributed by atoms with Gasteiger partial charge in [0.25, 0.3) is 10.1 Å². The van der Waals surface area contributed by atoms with Crippen LogP contribution >= 0.6 is 0 Å². The summed E-state index contributed by atoms with van der Waals surface area (Å²) in [6.07, 6.45) is 0.698. The molecule has 0 heterocycles. The van der Waals surface area contributed by atoms with Crippen LogP contribution in [0.2, 0.25) is 0 Å². The molecular weight excluding hydrogens is 288 g/mol. The molecule has 0 amide bonds. The lowest BCUT2D eigenvalue weighted by atomic mass is 9.68. The Kier molecular flexibility index (Phi) is 5.67. The van der Waals surface area contributed by atoms with Gasteiger partial charge in [0.15, 0.2) is 0 Å². The molecule has 0 aromatic rings. The molecule has 0 radical (unpaired) electrons. The van der Waals surface area contributed by atoms with Crippen LogP contribution in [0.4, 0.5) is 0 Å². The number of carbonyl (C=O) groups is 2. The van der Waals surface area contributed by atoms with Crippen molar-refractivity contribution in [2.45, 2.75) is 30.9 Å². The predicted molar refractivity (Wildman–Crippen MR) is 71.9 cm³/mol. The van der Waals surface area contributed by atoms with Gasteiger partial charge in [-0.1, -0.05) is 19.1 Å². The number of allylic oxidation sites excluding steroid dienone is 2. The fourth-order valence-corrected chi connectivity index (χ4v) is 3.82. The summed E-state index contributed by atoms with van der Waals surface area (Å²) >= 11 is 0. The Morgan fingerprint density at radius 2 is 1.50 bits per heavy atom. The lowest BCUT2D eigenvalue weighted by molar-refractivity contribution is -0.160. The second kappa shape index (κ2) is 6.19. The van der Waals surface area contributed by atoms with Crippen LogP contribution in [-0.2, 0) is 19.7 Å². The summed E-state index contributed by atoms with van der Waals surface area (Å²) in [5.74, 6) is -3.58. The van der Waals surface area contributed by atoms with Crippen molar-refractivity contribution < 1.29 is 32.8 Å². The average Bonchev–Trinajstić information content (AvgIpc) is 2.27. The molecule has 0 aromatic carbocycles. The smallest absolute Gasteiger partial charge is 0.328 e. The van der Waals surface area contributed by atoms with Crippen molar-refractivity contribution in [3.8, 4) is 0 Å². The molecule has 0 saturated heterocycles. The fourth-order valence-electron chi connectivity index (χ4n) is 2.49. The SMILES string of the molecule is C=CCC(CC=C)(C(=O)O)C(CC)(C(=O)O)S(=O)(=O)O. The fraction of sp³-hybridized carbons (Fsp3) is 0.500. The van der Waals surface area contributed by atoms with Gasteiger partial charge in [-0.25, -0.2) is 0 Å². The molecule has 3 N–H and O–H groups in total. The number of carboxylic acid groups (broad SMARTS) is 2. The Balaban J connectivity index is 6.73. The quantitative estimate of drug-likeness (QED) is 0.433. The van der Waals surface area contributed by atoms with E-state index in [4.69, 9.17) is 0 Å². The van der Waals surface area contributed by atoms with Gasteiger partial charge in [0, 0.05) is 0 Å². The van der Waals surface area contributed by atoms with Gasteiger partial charge in [0.05, 0.1) is 0 Å². The first-order valence-electron chi connectivity index (χ1n) is 5.73. The second-order valence-electron chi connectivity index (χ2n) is 4.33. The molecule has 0 aromatic heterocycles. The van der Waals surface area contributed by atoms with Crippen molar-refractivity contribution >= 4 is 22.1 Å². The van der Waals surface area contributed by atoms with Crippen molar-refractivity contribution in [1.29, 1.82) is 0 Å². The van der Waals surface area contributed by atoms with Crippen LogP contribution in [0.5, 0.6) is 0 Å². The molecule has 1 atom stereocenters. The minimum Gasteiger partial charge on any atom is -0.481 e. The van der Waals surface area contributed by atoms with Crippen molar-refractivity contribution in [3.63, 3.8) is 0 Å². The Bertz CT molecular complexity index is 510. The molecule has 8 heteroatoms. The van der Waals surface area contributed by atoms with E-state index in [-0.39, 0.29) is 0 Å². The van der Waals surface area contributed by atoms with Crippen molar-refractivity contribution in [1.82, 2.24) is 0 Å². The summed E-state index contributed by atoms with van der Waals surface area (Å²) in [6.45, 7) is 7.85. The van der Waals surface area contributed by atoms with E-state index in [0.717, 1.165) is 12.2 Å². The van der Waals surface area contributed by atoms with Gasteiger partial charge in [-0.2, -0.15) is 8.42 Å². The van der Waals surface area contributed by atoms with Gasteiger partial charge in [-0.05, 0) is 19.3 Å². The molecule has 0 aliphatic carbocycles. The molecule has 7 nitrogen and oxygen atoms in total. The maximum absolute atomic E-state index is 11.7. The van der Waals surface area contributed by atoms with Gasteiger partial charge in [-0.3, -0.25) is 14.1 Å². The standard InChI is InChI=1S/C12H18O7S/c1-4-7-11(8-5-2,9(13)14)12(6-3,10(15)16)20(17,18)19/h4-5H,1-2,6-8H2,3H3,(H,13,14)(H,15,16)(H,17,18,19). The topological polar surface area (TPSA) is 129 Å². The van der Waals surface area contributed by atoms with E-state index in [1.807, 2.05) is 0 Å². The van der Waals surface area contributed by atoms with E-state index >= 15 is 0 Å². The second-order valence-corrected chi connectivity index (χ2v) is 5.98. The van der Waals surface area contributed by atoms with E-state index in [0.29, 0.717) is 0 Å². The zero-order valence-corrected chi connectivity index (χ0v) is 11.9. The number of hydrogen-bond donors (Lipinski definition) is 3. The average molecular weight is 306 g/mol. The Labute approximate surface area is 117 Å². The zero-order valence-electron chi connectivity index (χ0n) is 11.1. The minimum absolute atomic E-state index is 0.450. The summed E-state index contributed by atoms with van der Waals surface area (Å²) in [4.78, 5) is 23.2. The third-order valence-corrected chi connectivity index (χ3v) is 5.19. The highest BCUT2D eigenvalue weighted by molar-refractivity contribution is 7.88. The molecular formula is C12H18O7S. The monoisotopic (exact) mass is 306 g/mol. The summed E-state index contributed by atoms with van der Waals surface area (Å²) in [6, 6.07) is 0. The van der Waals surface area contributed by atoms with Crippen LogP contribution in [0.15, 0.2) is 25.3 Å². The lowest BCUT2D eigenvalue weighted by Gasteiger charge is -2.41. The van der Waals surface area contributed by atoms with Crippen LogP contribution in [-0.4, -0.2) is 39.9 Å². The molecule has 20 heavy (non-hydrogen) atoms. The molecule has 0 fully saturated rings. The van der Waals surface area contributed by atoms with Crippen molar-refractivity contribution in [2.75, 3.05) is 0 Å². The Morgan fingerprint density at radius 3 is 1.65 bits per heavy atom. The highest BCUT2D eigenvalue weighted by atomic mass is 32.2. The first-order chi connectivity index (χ1) is 9.07. The normalized spacial score (nSPS) is 15.1. The molecule has 0 saturated carbocycles. The van der Waals surface area contributed by atoms with Crippen molar-refractivity contribution in [3.05, 3.63) is 25.3 Å². The van der Waals surface area contributed by atoms with Gasteiger partial charge in [-0.15, -0.1) is 13.2 Å². The third kappa shape index (κ3) is 2.48. The van der Waals surface area contributed by atoms with Crippen LogP contribution in [0, 0.1) is 5.41 Å². The summed E-state index contributed by atoms with van der Waals surface area (Å²) in [5.41, 5.74) is -2.29. The summed E-state index contributed by atoms with van der Waals surface area (Å²) in [5, 5.41) is 18.8. The molecule has 0 spiro atoms. The van der Waals surface area contributed by atoms with Crippen molar-refractivity contribution in [2.24, 2.45) is 5.41 Å². The number of aliphatic carboxylic acids is 2. The van der Waals surface area contributed by atoms with Gasteiger partial charge < -0.3 is 10.2 Å². The van der Waals surface area contributed by atoms with Crippen LogP contribution in [0.25, 0.3) is 0 Å². The highest BCUT2D eigenvalue weighted by Crippen LogP contribution is 2.47. The first-order valence-corrected chi connectivity index (χ1v) is 7.17. The molecule has 0 aliphatic rings. The largest absolute Gasteiger partial charge is 0.481 e. The van der Waals surface area contributed by atoms with Gasteiger partial charge in [0.1, 0.15) is 5.41 Å². The van der Waals surface area contributed by atoms with E-state index < -0.39 is 51.5 Å². The maximum Gasteiger partial charge on any atom is 0.328 e. The lowest BCUT2D eigenvalue weighted by Crippen LogP contribution is -2.62. The Morgan fingerprint density at radius 1 is 1.10 bits per heavy atom. The van der Waals surface area contributed by atoms with Gasteiger partial charge in [0.2, 0.25) is 4.75 Å². The molecule has 0 aliphatic heterocycles. The number of hydrogen-bond acceptors (Lipinski definition) is 4. The molecule has 0 rings (SSSR count). The number of carboxylic acids is 2. The Hall–Kier alpha value is -1.67. The van der Waals surface area contributed by atoms with Crippen LogP contribution in [0.1, 0.15) is 26.2 Å². The molecule has 114 valence electrons. The van der Waals surface area contributed by atoms with E-state index in [9.17, 15) is 32.8 Å². The summed E-state index contributed by atoms with van der Waals surface area (Å²) < 4.78 is 29.9. The zero-order chi connectivity index (χ0) is 16.2. The number of rotatable bonds is 9. The third-order valence-electron chi connectivity index (χ3n) is 3.45. The van der Waals surface area contributed by atoms with E-state index in [1.165, 1.54) is 6.92 Å². The van der Waals surface area contributed by atoms with E-state index in [2.05, 4.69) is 13.2 Å². The van der Waals surface area contributed by atoms with Gasteiger partial charge >= 0.3 is 11.9 Å².